The number of aliphatic hydroxyl groups excluding tert-OH is 1. The molecule has 2 rings (SSSR count). The molecule has 112 valence electrons. The highest BCUT2D eigenvalue weighted by molar-refractivity contribution is 5.89. The van der Waals surface area contributed by atoms with Crippen LogP contribution in [0.4, 0.5) is 10.5 Å². The van der Waals surface area contributed by atoms with Gasteiger partial charge in [-0.2, -0.15) is 0 Å². The molecule has 21 heavy (non-hydrogen) atoms. The van der Waals surface area contributed by atoms with Crippen LogP contribution >= 0.6 is 0 Å². The van der Waals surface area contributed by atoms with E-state index in [2.05, 4.69) is 16.6 Å². The van der Waals surface area contributed by atoms with Crippen LogP contribution in [-0.2, 0) is 0 Å². The molecule has 1 aliphatic rings. The Bertz CT molecular complexity index is 522. The topological polar surface area (TPSA) is 61.4 Å². The number of aliphatic hydroxyl groups is 1. The molecule has 4 heteroatoms. The molecule has 1 fully saturated rings. The molecule has 3 N–H and O–H groups in total. The Kier molecular flexibility index (Phi) is 5.65. The van der Waals surface area contributed by atoms with Gasteiger partial charge in [-0.15, -0.1) is 6.42 Å². The Morgan fingerprint density at radius 2 is 2.14 bits per heavy atom. The maximum Gasteiger partial charge on any atom is 0.319 e. The van der Waals surface area contributed by atoms with Crippen LogP contribution in [-0.4, -0.2) is 23.8 Å². The van der Waals surface area contributed by atoms with E-state index >= 15 is 0 Å². The molecule has 1 aliphatic carbocycles. The number of nitrogens with one attached hydrogen (secondary N) is 2. The molecule has 0 spiro atoms. The van der Waals surface area contributed by atoms with Gasteiger partial charge < -0.3 is 15.7 Å². The van der Waals surface area contributed by atoms with Gasteiger partial charge in [0, 0.05) is 29.8 Å². The number of urea groups is 1. The molecule has 1 aromatic carbocycles. The van der Waals surface area contributed by atoms with E-state index in [1.54, 1.807) is 12.1 Å². The lowest BCUT2D eigenvalue weighted by Gasteiger charge is -2.24. The molecule has 1 saturated carbocycles. The van der Waals surface area contributed by atoms with Crippen LogP contribution in [0.2, 0.25) is 0 Å². The Morgan fingerprint density at radius 3 is 2.90 bits per heavy atom. The average Bonchev–Trinajstić information content (AvgIpc) is 2.72. The summed E-state index contributed by atoms with van der Waals surface area (Å²) in [6.45, 7) is 0.123. The fraction of sp³-hybridized carbons (Fsp3) is 0.471. The molecular weight excluding hydrogens is 264 g/mol. The second-order valence-corrected chi connectivity index (χ2v) is 5.51. The van der Waals surface area contributed by atoms with Crippen molar-refractivity contribution in [3.05, 3.63) is 29.8 Å². The number of hydrogen-bond donors (Lipinski definition) is 3. The summed E-state index contributed by atoms with van der Waals surface area (Å²) in [6.07, 6.45) is 10.6. The summed E-state index contributed by atoms with van der Waals surface area (Å²) < 4.78 is 0. The summed E-state index contributed by atoms with van der Waals surface area (Å²) in [6, 6.07) is 6.99. The zero-order valence-electron chi connectivity index (χ0n) is 12.1. The maximum atomic E-state index is 12.1. The molecule has 2 atom stereocenters. The largest absolute Gasteiger partial charge is 0.396 e. The molecule has 1 aromatic rings. The normalized spacial score (nSPS) is 21.9. The van der Waals surface area contributed by atoms with Crippen molar-refractivity contribution in [1.29, 1.82) is 0 Å². The Balaban J connectivity index is 1.95. The van der Waals surface area contributed by atoms with Gasteiger partial charge in [0.2, 0.25) is 0 Å². The highest BCUT2D eigenvalue weighted by Gasteiger charge is 2.24. The van der Waals surface area contributed by atoms with Crippen LogP contribution < -0.4 is 10.6 Å². The van der Waals surface area contributed by atoms with Gasteiger partial charge in [0.15, 0.2) is 0 Å². The van der Waals surface area contributed by atoms with Gasteiger partial charge in [-0.05, 0) is 31.0 Å². The van der Waals surface area contributed by atoms with Gasteiger partial charge >= 0.3 is 6.03 Å². The SMILES string of the molecule is C#Cc1cccc(NC(=O)NC2CCCCCC2CO)c1. The summed E-state index contributed by atoms with van der Waals surface area (Å²) in [4.78, 5) is 12.1. The first-order valence-electron chi connectivity index (χ1n) is 7.48. The van der Waals surface area contributed by atoms with E-state index < -0.39 is 0 Å². The molecule has 0 aliphatic heterocycles. The van der Waals surface area contributed by atoms with Gasteiger partial charge in [-0.25, -0.2) is 4.79 Å². The van der Waals surface area contributed by atoms with Crippen molar-refractivity contribution >= 4 is 11.7 Å². The first-order chi connectivity index (χ1) is 10.2. The van der Waals surface area contributed by atoms with Crippen LogP contribution in [0.3, 0.4) is 0 Å². The standard InChI is InChI=1S/C17H22N2O2/c1-2-13-7-6-9-15(11-13)18-17(21)19-16-10-5-3-4-8-14(16)12-20/h1,6-7,9,11,14,16,20H,3-5,8,10,12H2,(H2,18,19,21). The van der Waals surface area contributed by atoms with Crippen molar-refractivity contribution in [3.63, 3.8) is 0 Å². The van der Waals surface area contributed by atoms with Gasteiger partial charge in [-0.3, -0.25) is 0 Å². The minimum Gasteiger partial charge on any atom is -0.396 e. The Hall–Kier alpha value is -1.99. The number of amides is 2. The number of benzene rings is 1. The third kappa shape index (κ3) is 4.51. The van der Waals surface area contributed by atoms with E-state index in [1.807, 2.05) is 12.1 Å². The third-order valence-corrected chi connectivity index (χ3v) is 4.00. The molecule has 0 saturated heterocycles. The first-order valence-corrected chi connectivity index (χ1v) is 7.48. The maximum absolute atomic E-state index is 12.1. The average molecular weight is 286 g/mol. The third-order valence-electron chi connectivity index (χ3n) is 4.00. The van der Waals surface area contributed by atoms with Crippen LogP contribution in [0.5, 0.6) is 0 Å². The summed E-state index contributed by atoms with van der Waals surface area (Å²) in [5.41, 5.74) is 1.41. The monoisotopic (exact) mass is 286 g/mol. The minimum atomic E-state index is -0.241. The molecule has 0 heterocycles. The van der Waals surface area contributed by atoms with E-state index in [1.165, 1.54) is 6.42 Å². The number of carbonyl (C=O) groups excluding carboxylic acids is 1. The predicted octanol–water partition coefficient (Wildman–Crippen LogP) is 2.73. The molecule has 0 radical (unpaired) electrons. The lowest BCUT2D eigenvalue weighted by atomic mass is 9.96. The zero-order valence-corrected chi connectivity index (χ0v) is 12.1. The summed E-state index contributed by atoms with van der Waals surface area (Å²) in [7, 11) is 0. The predicted molar refractivity (Wildman–Crippen MR) is 84.0 cm³/mol. The highest BCUT2D eigenvalue weighted by atomic mass is 16.3. The van der Waals surface area contributed by atoms with Gasteiger partial charge in [-0.1, -0.05) is 31.2 Å². The van der Waals surface area contributed by atoms with Crippen LogP contribution in [0.25, 0.3) is 0 Å². The fourth-order valence-corrected chi connectivity index (χ4v) is 2.82. The van der Waals surface area contributed by atoms with E-state index in [9.17, 15) is 9.90 Å². The minimum absolute atomic E-state index is 0.0355. The number of anilines is 1. The molecule has 4 nitrogen and oxygen atoms in total. The van der Waals surface area contributed by atoms with Gasteiger partial charge in [0.1, 0.15) is 0 Å². The molecule has 2 unspecified atom stereocenters. The summed E-state index contributed by atoms with van der Waals surface area (Å²) in [5, 5.41) is 15.2. The summed E-state index contributed by atoms with van der Waals surface area (Å²) >= 11 is 0. The van der Waals surface area contributed by atoms with Crippen LogP contribution in [0.1, 0.15) is 37.7 Å². The first kappa shape index (κ1) is 15.4. The fourth-order valence-electron chi connectivity index (χ4n) is 2.82. The van der Waals surface area contributed by atoms with Crippen molar-refractivity contribution in [1.82, 2.24) is 5.32 Å². The van der Waals surface area contributed by atoms with E-state index in [4.69, 9.17) is 6.42 Å². The smallest absolute Gasteiger partial charge is 0.319 e. The molecule has 2 amide bonds. The van der Waals surface area contributed by atoms with E-state index in [0.29, 0.717) is 5.69 Å². The Labute approximate surface area is 125 Å². The Morgan fingerprint density at radius 1 is 1.33 bits per heavy atom. The number of carbonyl (C=O) groups is 1. The summed E-state index contributed by atoms with van der Waals surface area (Å²) in [5.74, 6) is 2.69. The van der Waals surface area contributed by atoms with E-state index in [0.717, 1.165) is 31.2 Å². The number of rotatable bonds is 3. The van der Waals surface area contributed by atoms with Crippen molar-refractivity contribution in [2.75, 3.05) is 11.9 Å². The van der Waals surface area contributed by atoms with Crippen molar-refractivity contribution in [2.45, 2.75) is 38.1 Å². The lowest BCUT2D eigenvalue weighted by Crippen LogP contribution is -2.43. The molecular formula is C17H22N2O2. The zero-order chi connectivity index (χ0) is 15.1. The highest BCUT2D eigenvalue weighted by Crippen LogP contribution is 2.23. The van der Waals surface area contributed by atoms with Crippen molar-refractivity contribution in [3.8, 4) is 12.3 Å². The van der Waals surface area contributed by atoms with Crippen molar-refractivity contribution < 1.29 is 9.90 Å². The molecule has 0 bridgehead atoms. The quantitative estimate of drug-likeness (QED) is 0.591. The van der Waals surface area contributed by atoms with Crippen LogP contribution in [0.15, 0.2) is 24.3 Å². The second-order valence-electron chi connectivity index (χ2n) is 5.51. The van der Waals surface area contributed by atoms with E-state index in [-0.39, 0.29) is 24.6 Å². The lowest BCUT2D eigenvalue weighted by molar-refractivity contribution is 0.182. The number of hydrogen-bond acceptors (Lipinski definition) is 2. The molecule has 0 aromatic heterocycles. The van der Waals surface area contributed by atoms with Crippen molar-refractivity contribution in [2.24, 2.45) is 5.92 Å². The second kappa shape index (κ2) is 7.70. The van der Waals surface area contributed by atoms with Gasteiger partial charge in [0.25, 0.3) is 0 Å². The van der Waals surface area contributed by atoms with Gasteiger partial charge in [0.05, 0.1) is 0 Å². The van der Waals surface area contributed by atoms with Crippen LogP contribution in [0, 0.1) is 18.3 Å². The number of terminal acetylenes is 1.